The van der Waals surface area contributed by atoms with Gasteiger partial charge >= 0.3 is 23.9 Å². The van der Waals surface area contributed by atoms with E-state index in [2.05, 4.69) is 4.74 Å². The normalized spacial score (nSPS) is 17.2. The monoisotopic (exact) mass is 293 g/mol. The molecule has 1 aliphatic carbocycles. The van der Waals surface area contributed by atoms with Crippen molar-refractivity contribution in [3.63, 3.8) is 0 Å². The van der Waals surface area contributed by atoms with Crippen molar-refractivity contribution in [2.24, 2.45) is 5.92 Å². The lowest BCUT2D eigenvalue weighted by molar-refractivity contribution is -0.381. The van der Waals surface area contributed by atoms with E-state index in [1.807, 2.05) is 0 Å². The maximum absolute atomic E-state index is 12.6. The summed E-state index contributed by atoms with van der Waals surface area (Å²) in [6, 6.07) is 0. The molecule has 0 N–H and O–H groups in total. The number of aliphatic carboxylic acids is 1. The molecular weight excluding hydrogens is 286 g/mol. The smallest absolute Gasteiger partial charge is 0.437 e. The Balaban J connectivity index is 3.17. The summed E-state index contributed by atoms with van der Waals surface area (Å²) in [7, 11) is 0. The number of carboxylic acid groups (broad SMARTS) is 1. The highest BCUT2D eigenvalue weighted by Crippen LogP contribution is 2.49. The summed E-state index contributed by atoms with van der Waals surface area (Å²) in [4.78, 5) is 21.2. The fraction of sp³-hybridized carbons (Fsp3) is 0.778. The fourth-order valence-corrected chi connectivity index (χ4v) is 1.29. The molecule has 1 aliphatic rings. The standard InChI is InChI=1S/C9H8F6O4/c10-8(11,12)7(3-5(16)17,9(13,14)15)19-6(18)4-1-2-4/h4H,1-3H2,(H,16,17)/p-1. The van der Waals surface area contributed by atoms with Crippen molar-refractivity contribution in [1.29, 1.82) is 0 Å². The Morgan fingerprint density at radius 1 is 1.05 bits per heavy atom. The largest absolute Gasteiger partial charge is 0.550 e. The summed E-state index contributed by atoms with van der Waals surface area (Å²) in [6.45, 7) is 0. The second kappa shape index (κ2) is 4.57. The third-order valence-corrected chi connectivity index (χ3v) is 2.49. The molecule has 0 unspecified atom stereocenters. The van der Waals surface area contributed by atoms with E-state index >= 15 is 0 Å². The predicted molar refractivity (Wildman–Crippen MR) is 43.3 cm³/mol. The third kappa shape index (κ3) is 3.10. The molecule has 0 aromatic carbocycles. The summed E-state index contributed by atoms with van der Waals surface area (Å²) in [5.74, 6) is -5.39. The Kier molecular flexibility index (Phi) is 3.74. The fourth-order valence-electron chi connectivity index (χ4n) is 1.29. The van der Waals surface area contributed by atoms with E-state index in [0.717, 1.165) is 0 Å². The zero-order chi connectivity index (χ0) is 15.1. The highest BCUT2D eigenvalue weighted by Gasteiger charge is 2.74. The van der Waals surface area contributed by atoms with Gasteiger partial charge in [0.1, 0.15) is 0 Å². The first-order chi connectivity index (χ1) is 8.41. The summed E-state index contributed by atoms with van der Waals surface area (Å²) >= 11 is 0. The van der Waals surface area contributed by atoms with Crippen molar-refractivity contribution in [3.8, 4) is 0 Å². The van der Waals surface area contributed by atoms with E-state index < -0.39 is 42.2 Å². The molecule has 0 aromatic heterocycles. The predicted octanol–water partition coefficient (Wildman–Crippen LogP) is 0.943. The molecule has 0 saturated heterocycles. The Morgan fingerprint density at radius 3 is 1.74 bits per heavy atom. The first-order valence-corrected chi connectivity index (χ1v) is 4.97. The van der Waals surface area contributed by atoms with Crippen LogP contribution in [0.3, 0.4) is 0 Å². The lowest BCUT2D eigenvalue weighted by Crippen LogP contribution is -2.62. The van der Waals surface area contributed by atoms with Crippen LogP contribution in [-0.4, -0.2) is 29.9 Å². The van der Waals surface area contributed by atoms with Gasteiger partial charge in [-0.25, -0.2) is 0 Å². The maximum Gasteiger partial charge on any atom is 0.437 e. The minimum atomic E-state index is -6.12. The highest BCUT2D eigenvalue weighted by molar-refractivity contribution is 5.76. The molecule has 1 saturated carbocycles. The molecule has 0 heterocycles. The number of esters is 1. The van der Waals surface area contributed by atoms with Crippen LogP contribution >= 0.6 is 0 Å². The van der Waals surface area contributed by atoms with E-state index in [-0.39, 0.29) is 12.8 Å². The number of hydrogen-bond acceptors (Lipinski definition) is 4. The Morgan fingerprint density at radius 2 is 1.47 bits per heavy atom. The molecule has 19 heavy (non-hydrogen) atoms. The average molecular weight is 293 g/mol. The SMILES string of the molecule is O=C([O-])CC(OC(=O)C1CC1)(C(F)(F)F)C(F)(F)F. The van der Waals surface area contributed by atoms with Crippen molar-refractivity contribution in [1.82, 2.24) is 0 Å². The second-order valence-corrected chi connectivity index (χ2v) is 4.07. The van der Waals surface area contributed by atoms with Gasteiger partial charge in [0, 0.05) is 12.4 Å². The zero-order valence-electron chi connectivity index (χ0n) is 9.10. The third-order valence-electron chi connectivity index (χ3n) is 2.49. The number of hydrogen-bond donors (Lipinski definition) is 0. The van der Waals surface area contributed by atoms with Crippen LogP contribution in [0.1, 0.15) is 19.3 Å². The molecule has 0 spiro atoms. The molecule has 110 valence electrons. The zero-order valence-corrected chi connectivity index (χ0v) is 9.10. The van der Waals surface area contributed by atoms with E-state index in [1.54, 1.807) is 0 Å². The van der Waals surface area contributed by atoms with Crippen LogP contribution in [-0.2, 0) is 14.3 Å². The van der Waals surface area contributed by atoms with Crippen LogP contribution in [0, 0.1) is 5.92 Å². The molecule has 10 heteroatoms. The van der Waals surface area contributed by atoms with Gasteiger partial charge in [-0.15, -0.1) is 0 Å². The number of ether oxygens (including phenoxy) is 1. The van der Waals surface area contributed by atoms with Crippen LogP contribution in [0.25, 0.3) is 0 Å². The van der Waals surface area contributed by atoms with Crippen LogP contribution < -0.4 is 5.11 Å². The van der Waals surface area contributed by atoms with Crippen LogP contribution in [0.2, 0.25) is 0 Å². The molecule has 0 bridgehead atoms. The molecule has 0 aliphatic heterocycles. The number of rotatable bonds is 4. The molecular formula is C9H7F6O4-. The number of halogens is 6. The van der Waals surface area contributed by atoms with Crippen molar-refractivity contribution in [2.45, 2.75) is 37.2 Å². The quantitative estimate of drug-likeness (QED) is 0.571. The van der Waals surface area contributed by atoms with E-state index in [9.17, 15) is 41.0 Å². The molecule has 0 amide bonds. The van der Waals surface area contributed by atoms with Crippen molar-refractivity contribution < 1.29 is 45.8 Å². The van der Waals surface area contributed by atoms with Gasteiger partial charge in [0.05, 0.1) is 5.92 Å². The second-order valence-electron chi connectivity index (χ2n) is 4.07. The van der Waals surface area contributed by atoms with E-state index in [1.165, 1.54) is 0 Å². The van der Waals surface area contributed by atoms with Gasteiger partial charge in [-0.3, -0.25) is 4.79 Å². The maximum atomic E-state index is 12.6. The first kappa shape index (κ1) is 15.6. The molecule has 0 radical (unpaired) electrons. The van der Waals surface area contributed by atoms with E-state index in [4.69, 9.17) is 0 Å². The molecule has 0 atom stereocenters. The molecule has 4 nitrogen and oxygen atoms in total. The van der Waals surface area contributed by atoms with Gasteiger partial charge in [0.15, 0.2) is 0 Å². The average Bonchev–Trinajstić information content (AvgIpc) is 2.94. The van der Waals surface area contributed by atoms with Gasteiger partial charge in [-0.1, -0.05) is 0 Å². The van der Waals surface area contributed by atoms with E-state index in [0.29, 0.717) is 0 Å². The van der Waals surface area contributed by atoms with Crippen LogP contribution in [0.5, 0.6) is 0 Å². The summed E-state index contributed by atoms with van der Waals surface area (Å²) in [6.07, 6.45) is -14.5. The number of alkyl halides is 6. The topological polar surface area (TPSA) is 66.4 Å². The molecule has 1 rings (SSSR count). The van der Waals surface area contributed by atoms with Gasteiger partial charge in [0.2, 0.25) is 0 Å². The van der Waals surface area contributed by atoms with Crippen molar-refractivity contribution >= 4 is 11.9 Å². The lowest BCUT2D eigenvalue weighted by Gasteiger charge is -2.36. The van der Waals surface area contributed by atoms with Gasteiger partial charge in [-0.05, 0) is 12.8 Å². The Bertz CT molecular complexity index is 367. The van der Waals surface area contributed by atoms with Gasteiger partial charge in [0.25, 0.3) is 0 Å². The molecule has 0 aromatic rings. The summed E-state index contributed by atoms with van der Waals surface area (Å²) in [5.41, 5.74) is -5.07. The number of carboxylic acids is 1. The highest BCUT2D eigenvalue weighted by atomic mass is 19.4. The van der Waals surface area contributed by atoms with Crippen LogP contribution in [0.15, 0.2) is 0 Å². The van der Waals surface area contributed by atoms with Crippen molar-refractivity contribution in [3.05, 3.63) is 0 Å². The Labute approximate surface area is 102 Å². The summed E-state index contributed by atoms with van der Waals surface area (Å²) in [5, 5.41) is 10.2. The number of carbonyl (C=O) groups is 2. The lowest BCUT2D eigenvalue weighted by atomic mass is 9.97. The minimum Gasteiger partial charge on any atom is -0.550 e. The minimum absolute atomic E-state index is 0.107. The van der Waals surface area contributed by atoms with Crippen LogP contribution in [0.4, 0.5) is 26.3 Å². The summed E-state index contributed by atoms with van der Waals surface area (Å²) < 4.78 is 79.0. The Hall–Kier alpha value is -1.48. The van der Waals surface area contributed by atoms with Gasteiger partial charge in [-0.2, -0.15) is 26.3 Å². The van der Waals surface area contributed by atoms with Crippen molar-refractivity contribution in [2.75, 3.05) is 0 Å². The first-order valence-electron chi connectivity index (χ1n) is 4.97. The van der Waals surface area contributed by atoms with Gasteiger partial charge < -0.3 is 14.6 Å². The molecule has 1 fully saturated rings. The number of carbonyl (C=O) groups excluding carboxylic acids is 2.